The first-order valence-corrected chi connectivity index (χ1v) is 8.30. The number of benzene rings is 1. The largest absolute Gasteiger partial charge is 0.328 e. The highest BCUT2D eigenvalue weighted by Gasteiger charge is 2.08. The summed E-state index contributed by atoms with van der Waals surface area (Å²) in [5.74, 6) is 1.44. The van der Waals surface area contributed by atoms with Gasteiger partial charge in [0.2, 0.25) is 0 Å². The molecule has 0 saturated heterocycles. The minimum atomic E-state index is 0.445. The zero-order chi connectivity index (χ0) is 15.5. The molecule has 3 rings (SSSR count). The first-order chi connectivity index (χ1) is 10.7. The fraction of sp³-hybridized carbons (Fsp3) is 0.294. The molecule has 3 aromatic rings. The van der Waals surface area contributed by atoms with Crippen molar-refractivity contribution in [1.82, 2.24) is 14.5 Å². The Balaban J connectivity index is 1.78. The molecule has 0 aliphatic rings. The molecule has 0 atom stereocenters. The lowest BCUT2D eigenvalue weighted by Gasteiger charge is -2.05. The predicted molar refractivity (Wildman–Crippen MR) is 90.9 cm³/mol. The van der Waals surface area contributed by atoms with Crippen LogP contribution in [0.2, 0.25) is 0 Å². The van der Waals surface area contributed by atoms with Crippen LogP contribution in [-0.2, 0) is 13.1 Å². The number of aromatic nitrogens is 3. The maximum absolute atomic E-state index is 5.68. The van der Waals surface area contributed by atoms with Crippen molar-refractivity contribution in [3.8, 4) is 10.6 Å². The van der Waals surface area contributed by atoms with E-state index in [1.165, 1.54) is 11.1 Å². The number of nitrogens with two attached hydrogens (primary N) is 1. The van der Waals surface area contributed by atoms with E-state index in [1.807, 2.05) is 10.8 Å². The molecule has 22 heavy (non-hydrogen) atoms. The Bertz CT molecular complexity index is 740. The van der Waals surface area contributed by atoms with Crippen LogP contribution in [0.25, 0.3) is 10.6 Å². The van der Waals surface area contributed by atoms with Crippen molar-refractivity contribution in [2.24, 2.45) is 5.73 Å². The van der Waals surface area contributed by atoms with Crippen LogP contribution in [0.15, 0.2) is 42.0 Å². The topological polar surface area (TPSA) is 56.7 Å². The molecule has 0 saturated carbocycles. The van der Waals surface area contributed by atoms with Gasteiger partial charge in [-0.1, -0.05) is 38.1 Å². The molecule has 0 radical (unpaired) electrons. The van der Waals surface area contributed by atoms with Crippen LogP contribution < -0.4 is 5.73 Å². The standard InChI is InChI=1S/C17H20N4S/c1-12(2)13-3-5-14(6-4-13)17-20-15(11-22-17)10-21-8-7-19-16(21)9-18/h3-8,11-12H,9-10,18H2,1-2H3. The first kappa shape index (κ1) is 14.9. The minimum Gasteiger partial charge on any atom is -0.328 e. The summed E-state index contributed by atoms with van der Waals surface area (Å²) < 4.78 is 2.04. The third-order valence-corrected chi connectivity index (χ3v) is 4.63. The second-order valence-electron chi connectivity index (χ2n) is 5.60. The predicted octanol–water partition coefficient (Wildman–Crippen LogP) is 3.64. The quantitative estimate of drug-likeness (QED) is 0.782. The van der Waals surface area contributed by atoms with Gasteiger partial charge in [-0.05, 0) is 11.5 Å². The molecule has 2 aromatic heterocycles. The van der Waals surface area contributed by atoms with Gasteiger partial charge in [-0.2, -0.15) is 0 Å². The summed E-state index contributed by atoms with van der Waals surface area (Å²) in [4.78, 5) is 8.97. The van der Waals surface area contributed by atoms with E-state index < -0.39 is 0 Å². The van der Waals surface area contributed by atoms with E-state index in [2.05, 4.69) is 48.5 Å². The molecule has 0 aliphatic carbocycles. The summed E-state index contributed by atoms with van der Waals surface area (Å²) >= 11 is 1.68. The van der Waals surface area contributed by atoms with Gasteiger partial charge in [-0.15, -0.1) is 11.3 Å². The van der Waals surface area contributed by atoms with Crippen molar-refractivity contribution in [1.29, 1.82) is 0 Å². The van der Waals surface area contributed by atoms with E-state index >= 15 is 0 Å². The highest BCUT2D eigenvalue weighted by atomic mass is 32.1. The van der Waals surface area contributed by atoms with Crippen molar-refractivity contribution in [2.75, 3.05) is 0 Å². The normalized spacial score (nSPS) is 11.3. The Morgan fingerprint density at radius 2 is 2.00 bits per heavy atom. The van der Waals surface area contributed by atoms with E-state index in [-0.39, 0.29) is 0 Å². The molecule has 2 heterocycles. The Labute approximate surface area is 134 Å². The van der Waals surface area contributed by atoms with Crippen molar-refractivity contribution < 1.29 is 0 Å². The molecule has 5 heteroatoms. The molecule has 0 aliphatic heterocycles. The third kappa shape index (κ3) is 3.10. The van der Waals surface area contributed by atoms with Gasteiger partial charge in [0.1, 0.15) is 10.8 Å². The van der Waals surface area contributed by atoms with E-state index in [4.69, 9.17) is 10.7 Å². The summed E-state index contributed by atoms with van der Waals surface area (Å²) in [6.07, 6.45) is 3.72. The second kappa shape index (κ2) is 6.42. The van der Waals surface area contributed by atoms with Gasteiger partial charge in [-0.3, -0.25) is 0 Å². The number of nitrogens with zero attached hydrogens (tertiary/aromatic N) is 3. The Morgan fingerprint density at radius 3 is 2.68 bits per heavy atom. The van der Waals surface area contributed by atoms with E-state index in [0.717, 1.165) is 16.5 Å². The number of thiazole rings is 1. The molecular formula is C17H20N4S. The van der Waals surface area contributed by atoms with E-state index in [9.17, 15) is 0 Å². The maximum atomic E-state index is 5.68. The number of rotatable bonds is 5. The average molecular weight is 312 g/mol. The van der Waals surface area contributed by atoms with Crippen LogP contribution in [0, 0.1) is 0 Å². The van der Waals surface area contributed by atoms with Crippen LogP contribution in [0.3, 0.4) is 0 Å². The second-order valence-corrected chi connectivity index (χ2v) is 6.45. The molecule has 1 aromatic carbocycles. The molecule has 0 fully saturated rings. The van der Waals surface area contributed by atoms with Crippen molar-refractivity contribution in [2.45, 2.75) is 32.9 Å². The van der Waals surface area contributed by atoms with E-state index in [0.29, 0.717) is 19.0 Å². The lowest BCUT2D eigenvalue weighted by atomic mass is 10.0. The Kier molecular flexibility index (Phi) is 4.36. The Morgan fingerprint density at radius 1 is 1.23 bits per heavy atom. The van der Waals surface area contributed by atoms with Crippen LogP contribution >= 0.6 is 11.3 Å². The molecule has 0 unspecified atom stereocenters. The smallest absolute Gasteiger partial charge is 0.123 e. The monoisotopic (exact) mass is 312 g/mol. The molecule has 0 spiro atoms. The summed E-state index contributed by atoms with van der Waals surface area (Å²) in [5.41, 5.74) is 9.25. The van der Waals surface area contributed by atoms with Crippen molar-refractivity contribution in [3.63, 3.8) is 0 Å². The average Bonchev–Trinajstić information content (AvgIpc) is 3.17. The lowest BCUT2D eigenvalue weighted by Crippen LogP contribution is -2.08. The van der Waals surface area contributed by atoms with Crippen LogP contribution in [0.5, 0.6) is 0 Å². The number of hydrogen-bond donors (Lipinski definition) is 1. The van der Waals surface area contributed by atoms with Crippen LogP contribution in [0.4, 0.5) is 0 Å². The summed E-state index contributed by atoms with van der Waals surface area (Å²) in [6.45, 7) is 5.57. The summed E-state index contributed by atoms with van der Waals surface area (Å²) in [5, 5.41) is 3.16. The lowest BCUT2D eigenvalue weighted by molar-refractivity contribution is 0.713. The molecular weight excluding hydrogens is 292 g/mol. The molecule has 0 bridgehead atoms. The molecule has 4 nitrogen and oxygen atoms in total. The van der Waals surface area contributed by atoms with Gasteiger partial charge in [-0.25, -0.2) is 9.97 Å². The molecule has 0 amide bonds. The van der Waals surface area contributed by atoms with Gasteiger partial charge < -0.3 is 10.3 Å². The summed E-state index contributed by atoms with van der Waals surface area (Å²) in [6, 6.07) is 8.67. The highest BCUT2D eigenvalue weighted by Crippen LogP contribution is 2.26. The maximum Gasteiger partial charge on any atom is 0.123 e. The van der Waals surface area contributed by atoms with Gasteiger partial charge >= 0.3 is 0 Å². The fourth-order valence-electron chi connectivity index (χ4n) is 2.37. The molecule has 114 valence electrons. The van der Waals surface area contributed by atoms with Crippen molar-refractivity contribution in [3.05, 3.63) is 59.1 Å². The minimum absolute atomic E-state index is 0.445. The zero-order valence-corrected chi connectivity index (χ0v) is 13.7. The molecule has 2 N–H and O–H groups in total. The van der Waals surface area contributed by atoms with Gasteiger partial charge in [0.05, 0.1) is 18.8 Å². The summed E-state index contributed by atoms with van der Waals surface area (Å²) in [7, 11) is 0. The third-order valence-electron chi connectivity index (χ3n) is 3.69. The first-order valence-electron chi connectivity index (χ1n) is 7.42. The van der Waals surface area contributed by atoms with Gasteiger partial charge in [0.25, 0.3) is 0 Å². The van der Waals surface area contributed by atoms with Crippen LogP contribution in [-0.4, -0.2) is 14.5 Å². The van der Waals surface area contributed by atoms with Crippen LogP contribution in [0.1, 0.15) is 36.8 Å². The van der Waals surface area contributed by atoms with Crippen molar-refractivity contribution >= 4 is 11.3 Å². The number of imidazole rings is 1. The highest BCUT2D eigenvalue weighted by molar-refractivity contribution is 7.13. The fourth-order valence-corrected chi connectivity index (χ4v) is 3.19. The number of hydrogen-bond acceptors (Lipinski definition) is 4. The van der Waals surface area contributed by atoms with Gasteiger partial charge in [0.15, 0.2) is 0 Å². The Hall–Kier alpha value is -1.98. The van der Waals surface area contributed by atoms with Gasteiger partial charge in [0, 0.05) is 23.3 Å². The van der Waals surface area contributed by atoms with E-state index in [1.54, 1.807) is 17.5 Å². The zero-order valence-electron chi connectivity index (χ0n) is 12.9. The SMILES string of the molecule is CC(C)c1ccc(-c2nc(Cn3ccnc3CN)cs2)cc1.